The van der Waals surface area contributed by atoms with Crippen LogP contribution in [0, 0.1) is 0 Å². The first kappa shape index (κ1) is 16.5. The molecule has 0 aliphatic rings. The fourth-order valence-corrected chi connectivity index (χ4v) is 1.88. The molecule has 0 saturated carbocycles. The van der Waals surface area contributed by atoms with Crippen LogP contribution in [0.1, 0.15) is 24.4 Å². The summed E-state index contributed by atoms with van der Waals surface area (Å²) in [5.41, 5.74) is 8.00. The lowest BCUT2D eigenvalue weighted by Crippen LogP contribution is -2.13. The zero-order valence-corrected chi connectivity index (χ0v) is 11.8. The second kappa shape index (κ2) is 7.77. The molecule has 3 nitrogen and oxygen atoms in total. The van der Waals surface area contributed by atoms with E-state index in [4.69, 9.17) is 22.4 Å². The van der Waals surface area contributed by atoms with Gasteiger partial charge in [0, 0.05) is 37.5 Å². The lowest BCUT2D eigenvalue weighted by Gasteiger charge is -2.17. The van der Waals surface area contributed by atoms with E-state index in [1.165, 1.54) is 0 Å². The first-order chi connectivity index (χ1) is 7.56. The predicted molar refractivity (Wildman–Crippen MR) is 76.3 cm³/mol. The van der Waals surface area contributed by atoms with Crippen molar-refractivity contribution in [1.82, 2.24) is 0 Å². The zero-order valence-electron chi connectivity index (χ0n) is 10.2. The van der Waals surface area contributed by atoms with Gasteiger partial charge in [0.1, 0.15) is 0 Å². The van der Waals surface area contributed by atoms with Crippen molar-refractivity contribution >= 4 is 29.7 Å². The third kappa shape index (κ3) is 4.72. The van der Waals surface area contributed by atoms with Crippen molar-refractivity contribution in [2.24, 2.45) is 5.73 Å². The average molecular weight is 279 g/mol. The molecule has 1 rings (SSSR count). The molecule has 0 aromatic heterocycles. The molecule has 0 bridgehead atoms. The van der Waals surface area contributed by atoms with Gasteiger partial charge in [-0.05, 0) is 30.5 Å². The zero-order chi connectivity index (χ0) is 12.1. The van der Waals surface area contributed by atoms with Gasteiger partial charge >= 0.3 is 0 Å². The van der Waals surface area contributed by atoms with Gasteiger partial charge in [-0.2, -0.15) is 0 Å². The van der Waals surface area contributed by atoms with Crippen molar-refractivity contribution in [1.29, 1.82) is 0 Å². The number of benzene rings is 1. The Bertz CT molecular complexity index is 345. The number of aliphatic hydroxyl groups is 1. The molecule has 5 heteroatoms. The summed E-state index contributed by atoms with van der Waals surface area (Å²) < 4.78 is 0. The number of rotatable bonds is 5. The van der Waals surface area contributed by atoms with Crippen molar-refractivity contribution in [3.05, 3.63) is 28.8 Å². The number of anilines is 1. The van der Waals surface area contributed by atoms with E-state index < -0.39 is 0 Å². The van der Waals surface area contributed by atoms with Gasteiger partial charge in [0.25, 0.3) is 0 Å². The summed E-state index contributed by atoms with van der Waals surface area (Å²) in [5.74, 6) is 0. The largest absolute Gasteiger partial charge is 0.396 e. The molecule has 0 amide bonds. The van der Waals surface area contributed by atoms with E-state index in [1.54, 1.807) is 0 Å². The maximum Gasteiger partial charge on any atom is 0.0474 e. The Balaban J connectivity index is 0.00000256. The topological polar surface area (TPSA) is 49.5 Å². The van der Waals surface area contributed by atoms with Gasteiger partial charge in [0.2, 0.25) is 0 Å². The lowest BCUT2D eigenvalue weighted by molar-refractivity contribution is 0.280. The van der Waals surface area contributed by atoms with E-state index in [1.807, 2.05) is 37.2 Å². The Morgan fingerprint density at radius 3 is 2.53 bits per heavy atom. The van der Waals surface area contributed by atoms with Crippen molar-refractivity contribution < 1.29 is 5.11 Å². The Morgan fingerprint density at radius 2 is 2.06 bits per heavy atom. The van der Waals surface area contributed by atoms with Crippen LogP contribution in [0.25, 0.3) is 0 Å². The highest BCUT2D eigenvalue weighted by Crippen LogP contribution is 2.28. The van der Waals surface area contributed by atoms with E-state index in [0.717, 1.165) is 17.7 Å². The van der Waals surface area contributed by atoms with Gasteiger partial charge in [-0.15, -0.1) is 12.4 Å². The normalized spacial score (nSPS) is 11.8. The standard InChI is InChI=1S/C12H19ClN2O.ClH/c1-15(2)9-5-6-10(11(13)8-9)12(14)4-3-7-16;/h5-6,8,12,16H,3-4,7,14H2,1-2H3;1H/t12-;/m0./s1. The molecule has 0 radical (unpaired) electrons. The van der Waals surface area contributed by atoms with Crippen molar-refractivity contribution in [3.8, 4) is 0 Å². The van der Waals surface area contributed by atoms with Crippen LogP contribution in [-0.4, -0.2) is 25.8 Å². The molecule has 0 spiro atoms. The fraction of sp³-hybridized carbons (Fsp3) is 0.500. The van der Waals surface area contributed by atoms with Crippen molar-refractivity contribution in [2.75, 3.05) is 25.6 Å². The average Bonchev–Trinajstić information content (AvgIpc) is 2.25. The monoisotopic (exact) mass is 278 g/mol. The second-order valence-corrected chi connectivity index (χ2v) is 4.48. The number of hydrogen-bond donors (Lipinski definition) is 2. The summed E-state index contributed by atoms with van der Waals surface area (Å²) in [6.45, 7) is 0.168. The van der Waals surface area contributed by atoms with E-state index in [2.05, 4.69) is 0 Å². The first-order valence-corrected chi connectivity index (χ1v) is 5.77. The minimum absolute atomic E-state index is 0. The molecular weight excluding hydrogens is 259 g/mol. The third-order valence-corrected chi connectivity index (χ3v) is 2.90. The van der Waals surface area contributed by atoms with Crippen LogP contribution in [-0.2, 0) is 0 Å². The first-order valence-electron chi connectivity index (χ1n) is 5.39. The Kier molecular flexibility index (Phi) is 7.55. The van der Waals surface area contributed by atoms with Crippen LogP contribution in [0.3, 0.4) is 0 Å². The number of halogens is 2. The van der Waals surface area contributed by atoms with Crippen LogP contribution in [0.4, 0.5) is 5.69 Å². The van der Waals surface area contributed by atoms with E-state index in [-0.39, 0.29) is 25.1 Å². The van der Waals surface area contributed by atoms with Crippen LogP contribution in [0.15, 0.2) is 18.2 Å². The van der Waals surface area contributed by atoms with Gasteiger partial charge in [-0.3, -0.25) is 0 Å². The summed E-state index contributed by atoms with van der Waals surface area (Å²) in [4.78, 5) is 1.99. The third-order valence-electron chi connectivity index (χ3n) is 2.57. The molecule has 3 N–H and O–H groups in total. The molecule has 0 fully saturated rings. The molecule has 1 aromatic carbocycles. The molecule has 0 heterocycles. The second-order valence-electron chi connectivity index (χ2n) is 4.07. The highest BCUT2D eigenvalue weighted by molar-refractivity contribution is 6.31. The molecular formula is C12H20Cl2N2O. The van der Waals surface area contributed by atoms with Gasteiger partial charge in [0.15, 0.2) is 0 Å². The molecule has 98 valence electrons. The minimum Gasteiger partial charge on any atom is -0.396 e. The maximum atomic E-state index is 8.75. The highest BCUT2D eigenvalue weighted by atomic mass is 35.5. The smallest absolute Gasteiger partial charge is 0.0474 e. The fourth-order valence-electron chi connectivity index (χ4n) is 1.56. The van der Waals surface area contributed by atoms with Gasteiger partial charge < -0.3 is 15.7 Å². The molecule has 0 saturated heterocycles. The maximum absolute atomic E-state index is 8.75. The number of nitrogens with two attached hydrogens (primary N) is 1. The number of aliphatic hydroxyl groups excluding tert-OH is 1. The highest BCUT2D eigenvalue weighted by Gasteiger charge is 2.10. The molecule has 0 unspecified atom stereocenters. The summed E-state index contributed by atoms with van der Waals surface area (Å²) in [6, 6.07) is 5.77. The summed E-state index contributed by atoms with van der Waals surface area (Å²) >= 11 is 6.18. The van der Waals surface area contributed by atoms with Crippen molar-refractivity contribution in [3.63, 3.8) is 0 Å². The summed E-state index contributed by atoms with van der Waals surface area (Å²) in [7, 11) is 3.94. The van der Waals surface area contributed by atoms with Crippen LogP contribution >= 0.6 is 24.0 Å². The van der Waals surface area contributed by atoms with Crippen LogP contribution in [0.5, 0.6) is 0 Å². The quantitative estimate of drug-likeness (QED) is 0.871. The SMILES string of the molecule is CN(C)c1ccc([C@@H](N)CCCO)c(Cl)c1.Cl. The molecule has 0 aliphatic carbocycles. The lowest BCUT2D eigenvalue weighted by atomic mass is 10.0. The Morgan fingerprint density at radius 1 is 1.41 bits per heavy atom. The summed E-state index contributed by atoms with van der Waals surface area (Å²) in [5, 5.41) is 9.44. The van der Waals surface area contributed by atoms with Gasteiger partial charge in [0.05, 0.1) is 0 Å². The van der Waals surface area contributed by atoms with Crippen LogP contribution in [0.2, 0.25) is 5.02 Å². The molecule has 0 aliphatic heterocycles. The van der Waals surface area contributed by atoms with E-state index >= 15 is 0 Å². The predicted octanol–water partition coefficient (Wildman–Crippen LogP) is 2.60. The van der Waals surface area contributed by atoms with E-state index in [0.29, 0.717) is 11.4 Å². The van der Waals surface area contributed by atoms with E-state index in [9.17, 15) is 0 Å². The van der Waals surface area contributed by atoms with Gasteiger partial charge in [-0.1, -0.05) is 17.7 Å². The van der Waals surface area contributed by atoms with Crippen LogP contribution < -0.4 is 10.6 Å². The Labute approximate surface area is 114 Å². The summed E-state index contributed by atoms with van der Waals surface area (Å²) in [6.07, 6.45) is 1.45. The minimum atomic E-state index is -0.101. The van der Waals surface area contributed by atoms with Gasteiger partial charge in [-0.25, -0.2) is 0 Å². The molecule has 1 aromatic rings. The van der Waals surface area contributed by atoms with Crippen molar-refractivity contribution in [2.45, 2.75) is 18.9 Å². The number of hydrogen-bond acceptors (Lipinski definition) is 3. The number of nitrogens with zero attached hydrogens (tertiary/aromatic N) is 1. The Hall–Kier alpha value is -0.480. The molecule has 1 atom stereocenters. The molecule has 17 heavy (non-hydrogen) atoms.